The average Bonchev–Trinajstić information content (AvgIpc) is 2.29. The number of hydrogen-bond donors (Lipinski definition) is 1. The molecule has 0 radical (unpaired) electrons. The number of carbonyl (C=O) groups is 1. The van der Waals surface area contributed by atoms with Crippen LogP contribution in [0, 0.1) is 6.92 Å². The molecule has 1 aromatic heterocycles. The predicted octanol–water partition coefficient (Wildman–Crippen LogP) is 1.08. The summed E-state index contributed by atoms with van der Waals surface area (Å²) in [5, 5.41) is 0. The molecule has 1 heterocycles. The van der Waals surface area contributed by atoms with Crippen molar-refractivity contribution in [3.8, 4) is 0 Å². The van der Waals surface area contributed by atoms with Crippen LogP contribution in [0.2, 0.25) is 0 Å². The summed E-state index contributed by atoms with van der Waals surface area (Å²) in [6, 6.07) is 1.19. The van der Waals surface area contributed by atoms with Gasteiger partial charge in [0.05, 0.1) is 5.56 Å². The van der Waals surface area contributed by atoms with Gasteiger partial charge in [-0.2, -0.15) is 0 Å². The van der Waals surface area contributed by atoms with Crippen LogP contribution in [0.3, 0.4) is 0 Å². The Morgan fingerprint density at radius 1 is 1.62 bits per heavy atom. The molecule has 72 valence electrons. The number of halogens is 1. The summed E-state index contributed by atoms with van der Waals surface area (Å²) < 4.78 is 21.6. The third-order valence-electron chi connectivity index (χ3n) is 1.40. The lowest BCUT2D eigenvalue weighted by Crippen LogP contribution is -2.10. The van der Waals surface area contributed by atoms with Crippen molar-refractivity contribution in [2.24, 2.45) is 5.73 Å². The van der Waals surface area contributed by atoms with Crippen molar-refractivity contribution < 1.29 is 13.2 Å². The van der Waals surface area contributed by atoms with Crippen molar-refractivity contribution in [1.82, 2.24) is 0 Å². The Morgan fingerprint density at radius 2 is 2.15 bits per heavy atom. The van der Waals surface area contributed by atoms with E-state index in [0.717, 1.165) is 11.3 Å². The Morgan fingerprint density at radius 3 is 2.38 bits per heavy atom. The number of primary amides is 1. The maximum absolute atomic E-state index is 10.8. The molecule has 0 aliphatic rings. The van der Waals surface area contributed by atoms with E-state index in [2.05, 4.69) is 0 Å². The van der Waals surface area contributed by atoms with Crippen LogP contribution >= 0.6 is 22.0 Å². The molecule has 1 amide bonds. The fourth-order valence-electron chi connectivity index (χ4n) is 0.820. The van der Waals surface area contributed by atoms with E-state index in [-0.39, 0.29) is 9.77 Å². The zero-order valence-corrected chi connectivity index (χ0v) is 8.96. The number of amides is 1. The van der Waals surface area contributed by atoms with E-state index in [9.17, 15) is 13.2 Å². The fourth-order valence-corrected chi connectivity index (χ4v) is 3.02. The predicted molar refractivity (Wildman–Crippen MR) is 50.6 cm³/mol. The first kappa shape index (κ1) is 10.5. The number of rotatable bonds is 2. The molecule has 7 heteroatoms. The van der Waals surface area contributed by atoms with Crippen LogP contribution < -0.4 is 5.73 Å². The minimum atomic E-state index is -3.76. The van der Waals surface area contributed by atoms with Crippen molar-refractivity contribution in [2.45, 2.75) is 11.1 Å². The van der Waals surface area contributed by atoms with Crippen LogP contribution in [0.4, 0.5) is 0 Å². The summed E-state index contributed by atoms with van der Waals surface area (Å²) in [5.41, 5.74) is 5.20. The first-order chi connectivity index (χ1) is 5.82. The molecule has 0 bridgehead atoms. The Kier molecular flexibility index (Phi) is 2.65. The van der Waals surface area contributed by atoms with Crippen LogP contribution in [0.15, 0.2) is 10.3 Å². The Labute approximate surface area is 83.7 Å². The fraction of sp³-hybridized carbons (Fsp3) is 0.167. The molecule has 0 saturated carbocycles. The second kappa shape index (κ2) is 3.28. The molecule has 0 aliphatic carbocycles. The van der Waals surface area contributed by atoms with Crippen molar-refractivity contribution in [2.75, 3.05) is 0 Å². The SMILES string of the molecule is Cc1sc(S(=O)(=O)Cl)cc1C(N)=O. The summed E-state index contributed by atoms with van der Waals surface area (Å²) in [7, 11) is 1.32. The lowest BCUT2D eigenvalue weighted by atomic mass is 10.3. The lowest BCUT2D eigenvalue weighted by molar-refractivity contribution is 0.1000. The first-order valence-electron chi connectivity index (χ1n) is 3.17. The second-order valence-electron chi connectivity index (χ2n) is 2.34. The number of nitrogens with two attached hydrogens (primary N) is 1. The van der Waals surface area contributed by atoms with Gasteiger partial charge in [0.2, 0.25) is 5.91 Å². The van der Waals surface area contributed by atoms with Crippen LogP contribution in [0.5, 0.6) is 0 Å². The number of thiophene rings is 1. The average molecular weight is 240 g/mol. The van der Waals surface area contributed by atoms with Gasteiger partial charge in [0.1, 0.15) is 4.21 Å². The maximum atomic E-state index is 10.8. The highest BCUT2D eigenvalue weighted by molar-refractivity contribution is 8.15. The standard InChI is InChI=1S/C6H6ClNO3S2/c1-3-4(6(8)9)2-5(12-3)13(7,10)11/h2H,1H3,(H2,8,9). The van der Waals surface area contributed by atoms with Gasteiger partial charge in [-0.25, -0.2) is 8.42 Å². The monoisotopic (exact) mass is 239 g/mol. The molecule has 4 nitrogen and oxygen atoms in total. The van der Waals surface area contributed by atoms with Crippen molar-refractivity contribution in [3.63, 3.8) is 0 Å². The second-order valence-corrected chi connectivity index (χ2v) is 6.39. The summed E-state index contributed by atoms with van der Waals surface area (Å²) in [4.78, 5) is 11.3. The normalized spacial score (nSPS) is 11.5. The van der Waals surface area contributed by atoms with Gasteiger partial charge in [-0.15, -0.1) is 11.3 Å². The molecule has 0 aromatic carbocycles. The maximum Gasteiger partial charge on any atom is 0.270 e. The van der Waals surface area contributed by atoms with Crippen LogP contribution in [0.1, 0.15) is 15.2 Å². The smallest absolute Gasteiger partial charge is 0.270 e. The Hall–Kier alpha value is -0.590. The van der Waals surface area contributed by atoms with Crippen molar-refractivity contribution in [1.29, 1.82) is 0 Å². The molecule has 0 saturated heterocycles. The third kappa shape index (κ3) is 2.20. The van der Waals surface area contributed by atoms with Gasteiger partial charge in [0.15, 0.2) is 0 Å². The Balaban J connectivity index is 3.33. The lowest BCUT2D eigenvalue weighted by Gasteiger charge is -1.87. The van der Waals surface area contributed by atoms with E-state index in [0.29, 0.717) is 4.88 Å². The molecule has 1 aromatic rings. The highest BCUT2D eigenvalue weighted by atomic mass is 35.7. The van der Waals surface area contributed by atoms with Gasteiger partial charge in [-0.1, -0.05) is 0 Å². The van der Waals surface area contributed by atoms with E-state index in [4.69, 9.17) is 16.4 Å². The quantitative estimate of drug-likeness (QED) is 0.785. The van der Waals surface area contributed by atoms with Gasteiger partial charge in [-0.3, -0.25) is 4.79 Å². The summed E-state index contributed by atoms with van der Waals surface area (Å²) in [6.45, 7) is 1.61. The van der Waals surface area contributed by atoms with Crippen LogP contribution in [0.25, 0.3) is 0 Å². The minimum Gasteiger partial charge on any atom is -0.366 e. The topological polar surface area (TPSA) is 77.2 Å². The first-order valence-corrected chi connectivity index (χ1v) is 6.30. The van der Waals surface area contributed by atoms with Gasteiger partial charge in [0, 0.05) is 15.6 Å². The van der Waals surface area contributed by atoms with Gasteiger partial charge in [0.25, 0.3) is 9.05 Å². The summed E-state index contributed by atoms with van der Waals surface area (Å²) >= 11 is 0.929. The number of hydrogen-bond acceptors (Lipinski definition) is 4. The number of carbonyl (C=O) groups excluding carboxylic acids is 1. The highest BCUT2D eigenvalue weighted by Crippen LogP contribution is 2.27. The van der Waals surface area contributed by atoms with Crippen molar-refractivity contribution in [3.05, 3.63) is 16.5 Å². The molecule has 2 N–H and O–H groups in total. The molecule has 13 heavy (non-hydrogen) atoms. The van der Waals surface area contributed by atoms with Crippen LogP contribution in [-0.2, 0) is 9.05 Å². The largest absolute Gasteiger partial charge is 0.366 e. The molecule has 1 rings (SSSR count). The molecule has 0 fully saturated rings. The Bertz CT molecular complexity index is 448. The molecule has 0 spiro atoms. The van der Waals surface area contributed by atoms with Crippen molar-refractivity contribution >= 4 is 37.0 Å². The van der Waals surface area contributed by atoms with Gasteiger partial charge >= 0.3 is 0 Å². The molecule has 0 unspecified atom stereocenters. The molecule has 0 atom stereocenters. The van der Waals surface area contributed by atoms with E-state index < -0.39 is 15.0 Å². The minimum absolute atomic E-state index is 0.0551. The third-order valence-corrected chi connectivity index (χ3v) is 4.53. The van der Waals surface area contributed by atoms with E-state index >= 15 is 0 Å². The van der Waals surface area contributed by atoms with E-state index in [1.54, 1.807) is 6.92 Å². The summed E-state index contributed by atoms with van der Waals surface area (Å²) in [5.74, 6) is -0.652. The zero-order valence-electron chi connectivity index (χ0n) is 6.57. The van der Waals surface area contributed by atoms with E-state index in [1.807, 2.05) is 0 Å². The molecular weight excluding hydrogens is 234 g/mol. The zero-order chi connectivity index (χ0) is 10.2. The van der Waals surface area contributed by atoms with Gasteiger partial charge in [-0.05, 0) is 13.0 Å². The number of aryl methyl sites for hydroxylation is 1. The van der Waals surface area contributed by atoms with Crippen LogP contribution in [-0.4, -0.2) is 14.3 Å². The summed E-state index contributed by atoms with van der Waals surface area (Å²) in [6.07, 6.45) is 0. The molecular formula is C6H6ClNO3S2. The van der Waals surface area contributed by atoms with E-state index in [1.165, 1.54) is 6.07 Å². The molecule has 0 aliphatic heterocycles. The highest BCUT2D eigenvalue weighted by Gasteiger charge is 2.18. The van der Waals surface area contributed by atoms with Gasteiger partial charge < -0.3 is 5.73 Å².